The van der Waals surface area contributed by atoms with Gasteiger partial charge in [-0.3, -0.25) is 4.79 Å². The Kier molecular flexibility index (Phi) is 6.15. The van der Waals surface area contributed by atoms with Crippen molar-refractivity contribution in [3.05, 3.63) is 95.4 Å². The Morgan fingerprint density at radius 1 is 1.04 bits per heavy atom. The van der Waals surface area contributed by atoms with E-state index in [4.69, 9.17) is 0 Å². The van der Waals surface area contributed by atoms with E-state index in [0.29, 0.717) is 29.9 Å². The average Bonchev–Trinajstić information content (AvgIpc) is 2.70. The van der Waals surface area contributed by atoms with Crippen LogP contribution in [0, 0.1) is 5.82 Å². The lowest BCUT2D eigenvalue weighted by Crippen LogP contribution is -2.26. The maximum absolute atomic E-state index is 13.6. The van der Waals surface area contributed by atoms with Gasteiger partial charge in [0.25, 0.3) is 5.91 Å². The molecule has 2 N–H and O–H groups in total. The van der Waals surface area contributed by atoms with Crippen molar-refractivity contribution in [2.45, 2.75) is 19.4 Å². The fourth-order valence-electron chi connectivity index (χ4n) is 2.77. The Morgan fingerprint density at radius 3 is 2.48 bits per heavy atom. The van der Waals surface area contributed by atoms with Crippen LogP contribution in [-0.2, 0) is 6.42 Å². The van der Waals surface area contributed by atoms with Crippen molar-refractivity contribution in [1.29, 1.82) is 0 Å². The molecule has 0 bridgehead atoms. The number of hydrogen-bond acceptors (Lipinski definition) is 3. The first-order chi connectivity index (χ1) is 13.1. The van der Waals surface area contributed by atoms with Crippen molar-refractivity contribution in [3.63, 3.8) is 0 Å². The number of nitrogens with one attached hydrogen (secondary N) is 2. The number of carbonyl (C=O) groups excluding carboxylic acids is 1. The van der Waals surface area contributed by atoms with Gasteiger partial charge in [-0.1, -0.05) is 48.5 Å². The summed E-state index contributed by atoms with van der Waals surface area (Å²) in [6.07, 6.45) is 1.98. The quantitative estimate of drug-likeness (QED) is 0.655. The smallest absolute Gasteiger partial charge is 0.252 e. The summed E-state index contributed by atoms with van der Waals surface area (Å²) >= 11 is 0. The summed E-state index contributed by atoms with van der Waals surface area (Å²) in [5.74, 6) is 0.229. The van der Waals surface area contributed by atoms with Gasteiger partial charge in [-0.05, 0) is 42.7 Å². The largest absolute Gasteiger partial charge is 0.364 e. The Balaban J connectivity index is 1.52. The van der Waals surface area contributed by atoms with E-state index in [1.807, 2.05) is 18.2 Å². The van der Waals surface area contributed by atoms with Gasteiger partial charge in [0.2, 0.25) is 0 Å². The molecule has 5 heteroatoms. The molecule has 3 rings (SSSR count). The number of pyridine rings is 1. The van der Waals surface area contributed by atoms with Crippen LogP contribution in [0.5, 0.6) is 0 Å². The SMILES string of the molecule is CC(Nc1ccc(C(=O)NCCc2ccccc2F)cn1)c1ccccc1. The number of nitrogens with zero attached hydrogens (tertiary/aromatic N) is 1. The van der Waals surface area contributed by atoms with Crippen molar-refractivity contribution in [1.82, 2.24) is 10.3 Å². The van der Waals surface area contributed by atoms with E-state index < -0.39 is 0 Å². The van der Waals surface area contributed by atoms with Crippen LogP contribution in [0.2, 0.25) is 0 Å². The molecule has 0 aliphatic carbocycles. The first-order valence-electron chi connectivity index (χ1n) is 8.92. The lowest BCUT2D eigenvalue weighted by Gasteiger charge is -2.15. The molecule has 1 atom stereocenters. The van der Waals surface area contributed by atoms with Crippen LogP contribution in [0.15, 0.2) is 72.9 Å². The molecule has 138 valence electrons. The minimum absolute atomic E-state index is 0.110. The van der Waals surface area contributed by atoms with Gasteiger partial charge < -0.3 is 10.6 Å². The molecule has 0 saturated heterocycles. The number of aromatic nitrogens is 1. The second kappa shape index (κ2) is 8.94. The Hall–Kier alpha value is -3.21. The van der Waals surface area contributed by atoms with E-state index in [1.54, 1.807) is 36.5 Å². The second-order valence-corrected chi connectivity index (χ2v) is 6.31. The van der Waals surface area contributed by atoms with Crippen molar-refractivity contribution in [2.24, 2.45) is 0 Å². The zero-order chi connectivity index (χ0) is 19.1. The summed E-state index contributed by atoms with van der Waals surface area (Å²) in [5, 5.41) is 6.11. The van der Waals surface area contributed by atoms with Crippen molar-refractivity contribution in [2.75, 3.05) is 11.9 Å². The normalized spacial score (nSPS) is 11.6. The Morgan fingerprint density at radius 2 is 1.78 bits per heavy atom. The fourth-order valence-corrected chi connectivity index (χ4v) is 2.77. The highest BCUT2D eigenvalue weighted by atomic mass is 19.1. The van der Waals surface area contributed by atoms with E-state index in [-0.39, 0.29) is 17.8 Å². The van der Waals surface area contributed by atoms with Crippen LogP contribution < -0.4 is 10.6 Å². The minimum Gasteiger partial charge on any atom is -0.364 e. The molecule has 0 aliphatic rings. The van der Waals surface area contributed by atoms with Gasteiger partial charge in [0.15, 0.2) is 0 Å². The van der Waals surface area contributed by atoms with Crippen molar-refractivity contribution in [3.8, 4) is 0 Å². The zero-order valence-electron chi connectivity index (χ0n) is 15.2. The fraction of sp³-hybridized carbons (Fsp3) is 0.182. The molecule has 3 aromatic rings. The molecule has 1 unspecified atom stereocenters. The third-order valence-electron chi connectivity index (χ3n) is 4.33. The summed E-state index contributed by atoms with van der Waals surface area (Å²) in [6, 6.07) is 20.3. The van der Waals surface area contributed by atoms with Gasteiger partial charge in [0.1, 0.15) is 11.6 Å². The van der Waals surface area contributed by atoms with Gasteiger partial charge in [-0.2, -0.15) is 0 Å². The predicted molar refractivity (Wildman–Crippen MR) is 105 cm³/mol. The van der Waals surface area contributed by atoms with Gasteiger partial charge in [-0.15, -0.1) is 0 Å². The molecule has 2 aromatic carbocycles. The molecule has 1 heterocycles. The molecule has 27 heavy (non-hydrogen) atoms. The maximum atomic E-state index is 13.6. The van der Waals surface area contributed by atoms with E-state index in [0.717, 1.165) is 5.56 Å². The summed E-state index contributed by atoms with van der Waals surface area (Å²) < 4.78 is 13.6. The molecular weight excluding hydrogens is 341 g/mol. The monoisotopic (exact) mass is 363 g/mol. The third-order valence-corrected chi connectivity index (χ3v) is 4.33. The van der Waals surface area contributed by atoms with Gasteiger partial charge in [0.05, 0.1) is 5.56 Å². The topological polar surface area (TPSA) is 54.0 Å². The molecule has 0 radical (unpaired) electrons. The van der Waals surface area contributed by atoms with Crippen LogP contribution in [-0.4, -0.2) is 17.4 Å². The molecule has 1 amide bonds. The summed E-state index contributed by atoms with van der Waals surface area (Å²) in [7, 11) is 0. The number of hydrogen-bond donors (Lipinski definition) is 2. The number of benzene rings is 2. The number of halogens is 1. The lowest BCUT2D eigenvalue weighted by atomic mass is 10.1. The average molecular weight is 363 g/mol. The van der Waals surface area contributed by atoms with Gasteiger partial charge in [0, 0.05) is 18.8 Å². The number of amides is 1. The highest BCUT2D eigenvalue weighted by Crippen LogP contribution is 2.17. The predicted octanol–water partition coefficient (Wildman–Crippen LogP) is 4.37. The number of carbonyl (C=O) groups is 1. The van der Waals surface area contributed by atoms with E-state index in [1.165, 1.54) is 6.07 Å². The standard InChI is InChI=1S/C22H22FN3O/c1-16(17-7-3-2-4-8-17)26-21-12-11-19(15-25-21)22(27)24-14-13-18-9-5-6-10-20(18)23/h2-12,15-16H,13-14H2,1H3,(H,24,27)(H,25,26). The molecule has 0 spiro atoms. The first kappa shape index (κ1) is 18.6. The summed E-state index contributed by atoms with van der Waals surface area (Å²) in [5.41, 5.74) is 2.22. The van der Waals surface area contributed by atoms with E-state index >= 15 is 0 Å². The Labute approximate surface area is 158 Å². The van der Waals surface area contributed by atoms with Crippen molar-refractivity contribution >= 4 is 11.7 Å². The molecule has 0 saturated carbocycles. The summed E-state index contributed by atoms with van der Waals surface area (Å²) in [6.45, 7) is 2.42. The van der Waals surface area contributed by atoms with Crippen LogP contribution in [0.1, 0.15) is 34.5 Å². The third kappa shape index (κ3) is 5.14. The molecular formula is C22H22FN3O. The molecule has 1 aromatic heterocycles. The highest BCUT2D eigenvalue weighted by Gasteiger charge is 2.09. The highest BCUT2D eigenvalue weighted by molar-refractivity contribution is 5.94. The van der Waals surface area contributed by atoms with Crippen LogP contribution >= 0.6 is 0 Å². The zero-order valence-corrected chi connectivity index (χ0v) is 15.2. The minimum atomic E-state index is -0.253. The maximum Gasteiger partial charge on any atom is 0.252 e. The number of rotatable bonds is 7. The van der Waals surface area contributed by atoms with E-state index in [2.05, 4.69) is 34.7 Å². The second-order valence-electron chi connectivity index (χ2n) is 6.31. The molecule has 0 fully saturated rings. The first-order valence-corrected chi connectivity index (χ1v) is 8.92. The number of anilines is 1. The van der Waals surface area contributed by atoms with Crippen LogP contribution in [0.3, 0.4) is 0 Å². The van der Waals surface area contributed by atoms with E-state index in [9.17, 15) is 9.18 Å². The lowest BCUT2D eigenvalue weighted by molar-refractivity contribution is 0.0953. The Bertz CT molecular complexity index is 882. The van der Waals surface area contributed by atoms with Gasteiger partial charge in [-0.25, -0.2) is 9.37 Å². The molecule has 0 aliphatic heterocycles. The van der Waals surface area contributed by atoms with Gasteiger partial charge >= 0.3 is 0 Å². The van der Waals surface area contributed by atoms with Crippen molar-refractivity contribution < 1.29 is 9.18 Å². The van der Waals surface area contributed by atoms with Crippen LogP contribution in [0.25, 0.3) is 0 Å². The molecule has 4 nitrogen and oxygen atoms in total. The van der Waals surface area contributed by atoms with Crippen LogP contribution in [0.4, 0.5) is 10.2 Å². The summed E-state index contributed by atoms with van der Waals surface area (Å²) in [4.78, 5) is 16.5.